The molecule has 0 aromatic heterocycles. The number of aliphatic carboxylic acids is 1. The summed E-state index contributed by atoms with van der Waals surface area (Å²) in [6.45, 7) is 1.47. The molecule has 0 saturated carbocycles. The molecule has 1 amide bonds. The second-order valence-corrected chi connectivity index (χ2v) is 5.02. The summed E-state index contributed by atoms with van der Waals surface area (Å²) in [6, 6.07) is 2.78. The molecule has 0 aliphatic carbocycles. The van der Waals surface area contributed by atoms with Gasteiger partial charge in [0.25, 0.3) is 5.91 Å². The summed E-state index contributed by atoms with van der Waals surface area (Å²) < 4.78 is 40.4. The lowest BCUT2D eigenvalue weighted by molar-refractivity contribution is -0.274. The standard InChI is InChI=1S/C12H11BrF3NO4/c1-6(4-10(18)19)17-11(20)7-2-3-8(13)9(5-7)21-12(14,15)16/h2-3,5-6H,4H2,1H3,(H,17,20)(H,18,19). The van der Waals surface area contributed by atoms with E-state index in [9.17, 15) is 22.8 Å². The van der Waals surface area contributed by atoms with Crippen LogP contribution in [-0.4, -0.2) is 29.4 Å². The Morgan fingerprint density at radius 1 is 1.43 bits per heavy atom. The van der Waals surface area contributed by atoms with Gasteiger partial charge < -0.3 is 15.2 Å². The molecule has 0 saturated heterocycles. The fraction of sp³-hybridized carbons (Fsp3) is 0.333. The third-order valence-electron chi connectivity index (χ3n) is 2.28. The van der Waals surface area contributed by atoms with Gasteiger partial charge in [0.2, 0.25) is 0 Å². The van der Waals surface area contributed by atoms with Crippen LogP contribution in [0.3, 0.4) is 0 Å². The van der Waals surface area contributed by atoms with Gasteiger partial charge in [-0.3, -0.25) is 9.59 Å². The SMILES string of the molecule is CC(CC(=O)O)NC(=O)c1ccc(Br)c(OC(F)(F)F)c1. The van der Waals surface area contributed by atoms with Crippen LogP contribution in [0.15, 0.2) is 22.7 Å². The highest BCUT2D eigenvalue weighted by molar-refractivity contribution is 9.10. The van der Waals surface area contributed by atoms with Crippen LogP contribution in [0, 0.1) is 0 Å². The maximum absolute atomic E-state index is 12.2. The summed E-state index contributed by atoms with van der Waals surface area (Å²) in [5.41, 5.74) is -0.0744. The average Bonchev–Trinajstić information content (AvgIpc) is 2.28. The zero-order valence-electron chi connectivity index (χ0n) is 10.7. The molecular weight excluding hydrogens is 359 g/mol. The monoisotopic (exact) mass is 369 g/mol. The zero-order valence-corrected chi connectivity index (χ0v) is 12.3. The molecule has 0 aliphatic heterocycles. The number of hydrogen-bond donors (Lipinski definition) is 2. The first-order valence-electron chi connectivity index (χ1n) is 5.66. The molecule has 5 nitrogen and oxygen atoms in total. The van der Waals surface area contributed by atoms with Crippen LogP contribution in [0.2, 0.25) is 0 Å². The van der Waals surface area contributed by atoms with Crippen LogP contribution in [-0.2, 0) is 4.79 Å². The van der Waals surface area contributed by atoms with Gasteiger partial charge in [0.15, 0.2) is 0 Å². The van der Waals surface area contributed by atoms with E-state index in [4.69, 9.17) is 5.11 Å². The third kappa shape index (κ3) is 6.03. The summed E-state index contributed by atoms with van der Waals surface area (Å²) in [6.07, 6.45) is -5.18. The summed E-state index contributed by atoms with van der Waals surface area (Å²) in [5, 5.41) is 10.9. The Bertz CT molecular complexity index is 548. The van der Waals surface area contributed by atoms with Crippen molar-refractivity contribution in [2.75, 3.05) is 0 Å². The molecule has 21 heavy (non-hydrogen) atoms. The first kappa shape index (κ1) is 17.3. The quantitative estimate of drug-likeness (QED) is 0.836. The second kappa shape index (κ2) is 6.79. The number of carbonyl (C=O) groups excluding carboxylic acids is 1. The first-order valence-corrected chi connectivity index (χ1v) is 6.45. The predicted molar refractivity (Wildman–Crippen MR) is 70.0 cm³/mol. The van der Waals surface area contributed by atoms with Crippen LogP contribution < -0.4 is 10.1 Å². The number of nitrogens with one attached hydrogen (secondary N) is 1. The van der Waals surface area contributed by atoms with Crippen molar-refractivity contribution in [2.24, 2.45) is 0 Å². The number of ether oxygens (including phenoxy) is 1. The van der Waals surface area contributed by atoms with Gasteiger partial charge in [0.05, 0.1) is 10.9 Å². The van der Waals surface area contributed by atoms with Crippen molar-refractivity contribution in [1.29, 1.82) is 0 Å². The van der Waals surface area contributed by atoms with Gasteiger partial charge in [-0.1, -0.05) is 0 Å². The molecule has 9 heteroatoms. The highest BCUT2D eigenvalue weighted by atomic mass is 79.9. The van der Waals surface area contributed by atoms with Crippen molar-refractivity contribution in [2.45, 2.75) is 25.7 Å². The van der Waals surface area contributed by atoms with Crippen molar-refractivity contribution in [3.63, 3.8) is 0 Å². The Balaban J connectivity index is 2.86. The summed E-state index contributed by atoms with van der Waals surface area (Å²) in [4.78, 5) is 22.3. The number of benzene rings is 1. The molecule has 0 spiro atoms. The zero-order chi connectivity index (χ0) is 16.2. The number of carboxylic acid groups (broad SMARTS) is 1. The van der Waals surface area contributed by atoms with E-state index in [0.717, 1.165) is 6.07 Å². The molecule has 1 atom stereocenters. The van der Waals surface area contributed by atoms with Crippen molar-refractivity contribution in [3.8, 4) is 5.75 Å². The minimum Gasteiger partial charge on any atom is -0.481 e. The molecule has 2 N–H and O–H groups in total. The van der Waals surface area contributed by atoms with Crippen molar-refractivity contribution >= 4 is 27.8 Å². The number of alkyl halides is 3. The molecule has 116 valence electrons. The first-order chi connectivity index (χ1) is 9.58. The maximum Gasteiger partial charge on any atom is 0.573 e. The smallest absolute Gasteiger partial charge is 0.481 e. The van der Waals surface area contributed by atoms with E-state index in [1.807, 2.05) is 0 Å². The summed E-state index contributed by atoms with van der Waals surface area (Å²) in [7, 11) is 0. The highest BCUT2D eigenvalue weighted by Gasteiger charge is 2.32. The molecule has 0 fully saturated rings. The van der Waals surface area contributed by atoms with E-state index in [1.54, 1.807) is 0 Å². The van der Waals surface area contributed by atoms with Gasteiger partial charge in [-0.05, 0) is 41.1 Å². The third-order valence-corrected chi connectivity index (χ3v) is 2.93. The molecule has 1 unspecified atom stereocenters. The molecular formula is C12H11BrF3NO4. The number of carbonyl (C=O) groups is 2. The number of hydrogen-bond acceptors (Lipinski definition) is 3. The molecule has 0 radical (unpaired) electrons. The predicted octanol–water partition coefficient (Wildman–Crippen LogP) is 2.94. The Labute approximate surface area is 126 Å². The normalized spacial score (nSPS) is 12.6. The van der Waals surface area contributed by atoms with E-state index >= 15 is 0 Å². The lowest BCUT2D eigenvalue weighted by Crippen LogP contribution is -2.34. The summed E-state index contributed by atoms with van der Waals surface area (Å²) in [5.74, 6) is -2.34. The highest BCUT2D eigenvalue weighted by Crippen LogP contribution is 2.31. The van der Waals surface area contributed by atoms with Gasteiger partial charge in [-0.15, -0.1) is 13.2 Å². The van der Waals surface area contributed by atoms with Crippen LogP contribution in [0.5, 0.6) is 5.75 Å². The Morgan fingerprint density at radius 2 is 2.05 bits per heavy atom. The number of halogens is 4. The molecule has 0 aliphatic rings. The van der Waals surface area contributed by atoms with Crippen molar-refractivity contribution in [3.05, 3.63) is 28.2 Å². The van der Waals surface area contributed by atoms with E-state index in [2.05, 4.69) is 26.0 Å². The van der Waals surface area contributed by atoms with E-state index in [0.29, 0.717) is 0 Å². The Hall–Kier alpha value is -1.77. The number of amides is 1. The minimum atomic E-state index is -4.88. The number of carboxylic acids is 1. The van der Waals surface area contributed by atoms with Crippen LogP contribution in [0.1, 0.15) is 23.7 Å². The fourth-order valence-corrected chi connectivity index (χ4v) is 1.80. The van der Waals surface area contributed by atoms with Crippen LogP contribution >= 0.6 is 15.9 Å². The Morgan fingerprint density at radius 3 is 2.57 bits per heavy atom. The lowest BCUT2D eigenvalue weighted by atomic mass is 10.1. The van der Waals surface area contributed by atoms with Gasteiger partial charge >= 0.3 is 12.3 Å². The lowest BCUT2D eigenvalue weighted by Gasteiger charge is -2.14. The molecule has 1 aromatic rings. The molecule has 1 rings (SSSR count). The van der Waals surface area contributed by atoms with Gasteiger partial charge in [-0.25, -0.2) is 0 Å². The van der Waals surface area contributed by atoms with Crippen LogP contribution in [0.4, 0.5) is 13.2 Å². The fourth-order valence-electron chi connectivity index (χ4n) is 1.47. The van der Waals surface area contributed by atoms with Gasteiger partial charge in [-0.2, -0.15) is 0 Å². The van der Waals surface area contributed by atoms with Crippen molar-refractivity contribution in [1.82, 2.24) is 5.32 Å². The van der Waals surface area contributed by atoms with E-state index in [1.165, 1.54) is 19.1 Å². The van der Waals surface area contributed by atoms with E-state index < -0.39 is 30.0 Å². The Kier molecular flexibility index (Phi) is 5.59. The number of rotatable bonds is 5. The molecule has 0 heterocycles. The topological polar surface area (TPSA) is 75.6 Å². The maximum atomic E-state index is 12.2. The molecule has 0 bridgehead atoms. The largest absolute Gasteiger partial charge is 0.573 e. The minimum absolute atomic E-state index is 0.0370. The van der Waals surface area contributed by atoms with Crippen molar-refractivity contribution < 1.29 is 32.6 Å². The summed E-state index contributed by atoms with van der Waals surface area (Å²) >= 11 is 2.88. The van der Waals surface area contributed by atoms with Crippen LogP contribution in [0.25, 0.3) is 0 Å². The van der Waals surface area contributed by atoms with Gasteiger partial charge in [0.1, 0.15) is 5.75 Å². The molecule has 1 aromatic carbocycles. The second-order valence-electron chi connectivity index (χ2n) is 4.17. The average molecular weight is 370 g/mol. The van der Waals surface area contributed by atoms with Gasteiger partial charge in [0, 0.05) is 11.6 Å². The van der Waals surface area contributed by atoms with E-state index in [-0.39, 0.29) is 16.5 Å².